The molecule has 0 bridgehead atoms. The number of primary amides is 1. The average Bonchev–Trinajstić information content (AvgIpc) is 2.53. The molecule has 0 saturated carbocycles. The Balaban J connectivity index is 0. The first-order valence-electron chi connectivity index (χ1n) is 8.47. The van der Waals surface area contributed by atoms with Crippen LogP contribution < -0.4 is 21.7 Å². The molecule has 0 spiro atoms. The molecule has 0 aromatic heterocycles. The second-order valence-electron chi connectivity index (χ2n) is 5.80. The van der Waals surface area contributed by atoms with E-state index in [1.54, 1.807) is 13.8 Å². The number of hydrogen-bond donors (Lipinski definition) is 5. The number of nitrogens with one attached hydrogen (secondary N) is 3. The van der Waals surface area contributed by atoms with Crippen molar-refractivity contribution >= 4 is 23.8 Å². The van der Waals surface area contributed by atoms with Gasteiger partial charge >= 0.3 is 12.0 Å². The molecule has 9 nitrogen and oxygen atoms in total. The van der Waals surface area contributed by atoms with Crippen LogP contribution in [0.15, 0.2) is 0 Å². The van der Waals surface area contributed by atoms with Crippen LogP contribution in [0.5, 0.6) is 0 Å². The minimum atomic E-state index is -1.11. The maximum absolute atomic E-state index is 11.7. The van der Waals surface area contributed by atoms with Gasteiger partial charge in [0.05, 0.1) is 0 Å². The monoisotopic (exact) mass is 360 g/mol. The first-order chi connectivity index (χ1) is 11.6. The zero-order chi connectivity index (χ0) is 19.8. The normalized spacial score (nSPS) is 10.9. The second-order valence-corrected chi connectivity index (χ2v) is 5.80. The van der Waals surface area contributed by atoms with E-state index >= 15 is 0 Å². The fraction of sp³-hybridized carbons (Fsp3) is 0.750. The zero-order valence-electron chi connectivity index (χ0n) is 15.6. The van der Waals surface area contributed by atoms with E-state index in [9.17, 15) is 19.2 Å². The Morgan fingerprint density at radius 2 is 1.64 bits per heavy atom. The molecule has 0 aliphatic carbocycles. The van der Waals surface area contributed by atoms with Crippen LogP contribution in [0.2, 0.25) is 0 Å². The fourth-order valence-electron chi connectivity index (χ4n) is 1.64. The maximum atomic E-state index is 11.7. The summed E-state index contributed by atoms with van der Waals surface area (Å²) in [7, 11) is 0. The fourth-order valence-corrected chi connectivity index (χ4v) is 1.64. The van der Waals surface area contributed by atoms with Crippen molar-refractivity contribution in [3.8, 4) is 0 Å². The van der Waals surface area contributed by atoms with Gasteiger partial charge in [0.2, 0.25) is 11.8 Å². The highest BCUT2D eigenvalue weighted by Gasteiger charge is 2.23. The molecule has 1 unspecified atom stereocenters. The predicted octanol–water partition coefficient (Wildman–Crippen LogP) is 0.583. The Hall–Kier alpha value is -2.32. The first kappa shape index (κ1) is 24.9. The van der Waals surface area contributed by atoms with E-state index in [1.165, 1.54) is 0 Å². The third-order valence-corrected chi connectivity index (χ3v) is 2.99. The van der Waals surface area contributed by atoms with E-state index < -0.39 is 30.5 Å². The molecule has 146 valence electrons. The van der Waals surface area contributed by atoms with Crippen LogP contribution in [0, 0.1) is 5.92 Å². The summed E-state index contributed by atoms with van der Waals surface area (Å²) in [6.07, 6.45) is 2.99. The molecule has 1 atom stereocenters. The van der Waals surface area contributed by atoms with Crippen molar-refractivity contribution in [2.75, 3.05) is 13.1 Å². The van der Waals surface area contributed by atoms with Gasteiger partial charge in [-0.05, 0) is 18.8 Å². The molecule has 0 radical (unpaired) electrons. The standard InChI is InChI=1S/C12H22N2O4.C4H10N2O/c1-4-5-6-9(15)14-11(8(2)3)12(18)13-7-10(16)17;1-2-3-6-4(5)7/h8,11H,4-7H2,1-3H3,(H,13,18)(H,14,15)(H,16,17);2-3H2,1H3,(H3,5,6,7). The molecule has 0 rings (SSSR count). The van der Waals surface area contributed by atoms with Gasteiger partial charge in [-0.15, -0.1) is 0 Å². The smallest absolute Gasteiger partial charge is 0.322 e. The van der Waals surface area contributed by atoms with Crippen LogP contribution in [0.25, 0.3) is 0 Å². The molecule has 25 heavy (non-hydrogen) atoms. The highest BCUT2D eigenvalue weighted by atomic mass is 16.4. The Labute approximate surface area is 149 Å². The Kier molecular flexibility index (Phi) is 15.2. The van der Waals surface area contributed by atoms with Crippen molar-refractivity contribution in [3.05, 3.63) is 0 Å². The third kappa shape index (κ3) is 16.3. The molecule has 6 N–H and O–H groups in total. The van der Waals surface area contributed by atoms with Gasteiger partial charge in [-0.2, -0.15) is 0 Å². The van der Waals surface area contributed by atoms with Gasteiger partial charge in [0.1, 0.15) is 12.6 Å². The Morgan fingerprint density at radius 3 is 2.00 bits per heavy atom. The number of amides is 4. The highest BCUT2D eigenvalue weighted by Crippen LogP contribution is 2.03. The lowest BCUT2D eigenvalue weighted by Crippen LogP contribution is -2.50. The predicted molar refractivity (Wildman–Crippen MR) is 94.8 cm³/mol. The minimum Gasteiger partial charge on any atom is -0.480 e. The van der Waals surface area contributed by atoms with E-state index in [0.29, 0.717) is 13.0 Å². The number of unbranched alkanes of at least 4 members (excludes halogenated alkanes) is 1. The quantitative estimate of drug-likeness (QED) is 0.386. The summed E-state index contributed by atoms with van der Waals surface area (Å²) in [5.74, 6) is -1.84. The third-order valence-electron chi connectivity index (χ3n) is 2.99. The topological polar surface area (TPSA) is 151 Å². The number of carbonyl (C=O) groups excluding carboxylic acids is 3. The van der Waals surface area contributed by atoms with Crippen molar-refractivity contribution in [2.24, 2.45) is 11.7 Å². The summed E-state index contributed by atoms with van der Waals surface area (Å²) in [4.78, 5) is 43.5. The molecule has 0 saturated heterocycles. The van der Waals surface area contributed by atoms with Crippen LogP contribution in [0.3, 0.4) is 0 Å². The van der Waals surface area contributed by atoms with Gasteiger partial charge in [0.15, 0.2) is 0 Å². The number of rotatable bonds is 10. The molecule has 9 heteroatoms. The summed E-state index contributed by atoms with van der Waals surface area (Å²) in [5, 5.41) is 15.8. The van der Waals surface area contributed by atoms with Crippen LogP contribution in [0.1, 0.15) is 53.4 Å². The minimum absolute atomic E-state index is 0.0932. The van der Waals surface area contributed by atoms with E-state index in [1.807, 2.05) is 13.8 Å². The number of urea groups is 1. The number of carboxylic acid groups (broad SMARTS) is 1. The Morgan fingerprint density at radius 1 is 1.04 bits per heavy atom. The van der Waals surface area contributed by atoms with Gasteiger partial charge in [0, 0.05) is 13.0 Å². The van der Waals surface area contributed by atoms with Crippen LogP contribution in [0.4, 0.5) is 4.79 Å². The van der Waals surface area contributed by atoms with Gasteiger partial charge in [0.25, 0.3) is 0 Å². The molecule has 4 amide bonds. The SMILES string of the molecule is CCCCC(=O)NC(C(=O)NCC(=O)O)C(C)C.CCCNC(N)=O. The van der Waals surface area contributed by atoms with Crippen molar-refractivity contribution < 1.29 is 24.3 Å². The number of hydrogen-bond acceptors (Lipinski definition) is 4. The van der Waals surface area contributed by atoms with Crippen molar-refractivity contribution in [3.63, 3.8) is 0 Å². The molecule has 0 aromatic rings. The van der Waals surface area contributed by atoms with Crippen molar-refractivity contribution in [1.29, 1.82) is 0 Å². The molecule has 0 aliphatic rings. The van der Waals surface area contributed by atoms with Crippen molar-refractivity contribution in [1.82, 2.24) is 16.0 Å². The maximum Gasteiger partial charge on any atom is 0.322 e. The van der Waals surface area contributed by atoms with Gasteiger partial charge in [-0.1, -0.05) is 34.1 Å². The first-order valence-corrected chi connectivity index (χ1v) is 8.47. The summed E-state index contributed by atoms with van der Waals surface area (Å²) < 4.78 is 0. The van der Waals surface area contributed by atoms with E-state index in [-0.39, 0.29) is 11.8 Å². The summed E-state index contributed by atoms with van der Waals surface area (Å²) >= 11 is 0. The lowest BCUT2D eigenvalue weighted by molar-refractivity contribution is -0.138. The van der Waals surface area contributed by atoms with Crippen molar-refractivity contribution in [2.45, 2.75) is 59.4 Å². The van der Waals surface area contributed by atoms with Crippen LogP contribution in [-0.4, -0.2) is 48.1 Å². The van der Waals surface area contributed by atoms with Gasteiger partial charge in [-0.3, -0.25) is 14.4 Å². The van der Waals surface area contributed by atoms with E-state index in [4.69, 9.17) is 10.8 Å². The highest BCUT2D eigenvalue weighted by molar-refractivity contribution is 5.89. The second kappa shape index (κ2) is 15.2. The summed E-state index contributed by atoms with van der Waals surface area (Å²) in [6, 6.07) is -1.13. The van der Waals surface area contributed by atoms with E-state index in [0.717, 1.165) is 19.3 Å². The van der Waals surface area contributed by atoms with Crippen LogP contribution in [-0.2, 0) is 14.4 Å². The van der Waals surface area contributed by atoms with Gasteiger partial charge in [-0.25, -0.2) is 4.79 Å². The lowest BCUT2D eigenvalue weighted by atomic mass is 10.0. The number of carbonyl (C=O) groups is 4. The summed E-state index contributed by atoms with van der Waals surface area (Å²) in [5.41, 5.74) is 4.73. The van der Waals surface area contributed by atoms with Gasteiger partial charge < -0.3 is 26.8 Å². The Bertz CT molecular complexity index is 427. The number of nitrogens with two attached hydrogens (primary N) is 1. The molecule has 0 heterocycles. The average molecular weight is 360 g/mol. The molecule has 0 aromatic carbocycles. The molecule has 0 aliphatic heterocycles. The van der Waals surface area contributed by atoms with E-state index in [2.05, 4.69) is 16.0 Å². The number of aliphatic carboxylic acids is 1. The molecule has 0 fully saturated rings. The lowest BCUT2D eigenvalue weighted by Gasteiger charge is -2.21. The molecular weight excluding hydrogens is 328 g/mol. The zero-order valence-corrected chi connectivity index (χ0v) is 15.6. The summed E-state index contributed by atoms with van der Waals surface area (Å²) in [6.45, 7) is 7.78. The number of carboxylic acids is 1. The van der Waals surface area contributed by atoms with Crippen LogP contribution >= 0.6 is 0 Å². The largest absolute Gasteiger partial charge is 0.480 e. The molecular formula is C16H32N4O5.